The maximum Gasteiger partial charge on any atom is 0.355 e. The van der Waals surface area contributed by atoms with Gasteiger partial charge in [-0.05, 0) is 24.3 Å². The van der Waals surface area contributed by atoms with Gasteiger partial charge in [0, 0.05) is 6.20 Å². The summed E-state index contributed by atoms with van der Waals surface area (Å²) in [5.74, 6) is -2.04. The number of carbonyl (C=O) groups is 2. The fourth-order valence-electron chi connectivity index (χ4n) is 2.00. The summed E-state index contributed by atoms with van der Waals surface area (Å²) < 4.78 is 23.5. The van der Waals surface area contributed by atoms with E-state index in [2.05, 4.69) is 4.74 Å². The Morgan fingerprint density at radius 1 is 1.05 bits per heavy atom. The normalized spacial score (nSPS) is 13.9. The van der Waals surface area contributed by atoms with Crippen molar-refractivity contribution >= 4 is 17.6 Å². The predicted octanol–water partition coefficient (Wildman–Crippen LogP) is 2.32. The molecule has 2 rings (SSSR count). The molecule has 1 aromatic carbocycles. The zero-order valence-electron chi connectivity index (χ0n) is 12.1. The van der Waals surface area contributed by atoms with Gasteiger partial charge in [-0.2, -0.15) is 0 Å². The van der Waals surface area contributed by atoms with Crippen molar-refractivity contribution < 1.29 is 23.5 Å². The predicted molar refractivity (Wildman–Crippen MR) is 78.2 cm³/mol. The highest BCUT2D eigenvalue weighted by Crippen LogP contribution is 2.28. The molecular weight excluding hydrogens is 289 g/mol. The van der Waals surface area contributed by atoms with Crippen molar-refractivity contribution in [1.82, 2.24) is 0 Å². The van der Waals surface area contributed by atoms with Crippen molar-refractivity contribution in [3.8, 4) is 0 Å². The number of halogens is 1. The monoisotopic (exact) mass is 303 g/mol. The topological polar surface area (TPSA) is 55.8 Å². The molecule has 5 nitrogen and oxygen atoms in total. The van der Waals surface area contributed by atoms with E-state index in [1.165, 1.54) is 49.6 Å². The third-order valence-corrected chi connectivity index (χ3v) is 3.00. The van der Waals surface area contributed by atoms with Gasteiger partial charge in [-0.15, -0.1) is 0 Å². The van der Waals surface area contributed by atoms with E-state index < -0.39 is 17.8 Å². The van der Waals surface area contributed by atoms with Gasteiger partial charge in [-0.25, -0.2) is 14.0 Å². The summed E-state index contributed by atoms with van der Waals surface area (Å²) in [7, 11) is 2.38. The standard InChI is InChI=1S/C16H14FNO4/c1-21-15(19)11-7-5-6-10-18(14(11)16(20)22-2)13-9-4-3-8-12(13)17/h3-10H,1-2H3. The molecule has 0 bridgehead atoms. The number of anilines is 1. The highest BCUT2D eigenvalue weighted by atomic mass is 19.1. The average molecular weight is 303 g/mol. The van der Waals surface area contributed by atoms with Crippen molar-refractivity contribution in [3.63, 3.8) is 0 Å². The smallest absolute Gasteiger partial charge is 0.355 e. The van der Waals surface area contributed by atoms with Crippen LogP contribution in [0.5, 0.6) is 0 Å². The van der Waals surface area contributed by atoms with Crippen LogP contribution in [0.2, 0.25) is 0 Å². The molecule has 6 heteroatoms. The number of benzene rings is 1. The first kappa shape index (κ1) is 15.5. The van der Waals surface area contributed by atoms with Crippen molar-refractivity contribution in [2.75, 3.05) is 19.1 Å². The van der Waals surface area contributed by atoms with E-state index in [1.54, 1.807) is 18.2 Å². The van der Waals surface area contributed by atoms with E-state index in [9.17, 15) is 14.0 Å². The van der Waals surface area contributed by atoms with Crippen LogP contribution in [0.15, 0.2) is 60.0 Å². The molecule has 1 aromatic rings. The Kier molecular flexibility index (Phi) is 4.73. The van der Waals surface area contributed by atoms with Crippen LogP contribution in [-0.2, 0) is 19.1 Å². The first-order valence-corrected chi connectivity index (χ1v) is 6.39. The van der Waals surface area contributed by atoms with Gasteiger partial charge in [-0.1, -0.05) is 18.2 Å². The summed E-state index contributed by atoms with van der Waals surface area (Å²) in [6.45, 7) is 0. The molecule has 0 amide bonds. The second kappa shape index (κ2) is 6.71. The lowest BCUT2D eigenvalue weighted by atomic mass is 10.1. The molecule has 0 saturated heterocycles. The Morgan fingerprint density at radius 3 is 2.36 bits per heavy atom. The summed E-state index contributed by atoms with van der Waals surface area (Å²) in [5, 5.41) is 0. The van der Waals surface area contributed by atoms with Crippen LogP contribution in [0.1, 0.15) is 0 Å². The van der Waals surface area contributed by atoms with Crippen molar-refractivity contribution in [2.45, 2.75) is 0 Å². The molecule has 1 aliphatic rings. The minimum Gasteiger partial charge on any atom is -0.465 e. The molecule has 0 aliphatic carbocycles. The molecular formula is C16H14FNO4. The summed E-state index contributed by atoms with van der Waals surface area (Å²) in [6.07, 6.45) is 6.01. The lowest BCUT2D eigenvalue weighted by Crippen LogP contribution is -2.27. The maximum atomic E-state index is 14.1. The molecule has 0 fully saturated rings. The van der Waals surface area contributed by atoms with Crippen LogP contribution in [0.3, 0.4) is 0 Å². The van der Waals surface area contributed by atoms with E-state index >= 15 is 0 Å². The molecule has 0 aromatic heterocycles. The molecule has 0 saturated carbocycles. The highest BCUT2D eigenvalue weighted by Gasteiger charge is 2.28. The van der Waals surface area contributed by atoms with Gasteiger partial charge in [0.05, 0.1) is 25.5 Å². The van der Waals surface area contributed by atoms with Crippen LogP contribution in [0.25, 0.3) is 0 Å². The molecule has 1 heterocycles. The number of para-hydroxylation sites is 1. The number of allylic oxidation sites excluding steroid dienone is 2. The number of hydrogen-bond donors (Lipinski definition) is 0. The molecule has 114 valence electrons. The zero-order chi connectivity index (χ0) is 16.1. The van der Waals surface area contributed by atoms with Crippen molar-refractivity contribution in [2.24, 2.45) is 0 Å². The molecule has 0 radical (unpaired) electrons. The molecule has 0 unspecified atom stereocenters. The molecule has 0 N–H and O–H groups in total. The number of carbonyl (C=O) groups excluding carboxylic acids is 2. The van der Waals surface area contributed by atoms with E-state index in [0.717, 1.165) is 0 Å². The van der Waals surface area contributed by atoms with Crippen LogP contribution in [0.4, 0.5) is 10.1 Å². The van der Waals surface area contributed by atoms with E-state index in [1.807, 2.05) is 0 Å². The van der Waals surface area contributed by atoms with Crippen LogP contribution >= 0.6 is 0 Å². The largest absolute Gasteiger partial charge is 0.465 e. The molecule has 0 spiro atoms. The Labute approximate surface area is 126 Å². The number of ether oxygens (including phenoxy) is 2. The summed E-state index contributed by atoms with van der Waals surface area (Å²) in [6, 6.07) is 5.90. The summed E-state index contributed by atoms with van der Waals surface area (Å²) in [4.78, 5) is 25.3. The number of rotatable bonds is 3. The quantitative estimate of drug-likeness (QED) is 0.802. The molecule has 0 atom stereocenters. The Balaban J connectivity index is 2.67. The highest BCUT2D eigenvalue weighted by molar-refractivity contribution is 6.05. The summed E-state index contributed by atoms with van der Waals surface area (Å²) >= 11 is 0. The SMILES string of the molecule is COC(=O)C1=C(C(=O)OC)N(c2ccccc2F)C=CC=C1. The first-order valence-electron chi connectivity index (χ1n) is 6.39. The summed E-state index contributed by atoms with van der Waals surface area (Å²) in [5.41, 5.74) is -0.0312. The second-order valence-electron chi connectivity index (χ2n) is 4.27. The Morgan fingerprint density at radius 2 is 1.73 bits per heavy atom. The number of hydrogen-bond acceptors (Lipinski definition) is 5. The van der Waals surface area contributed by atoms with Gasteiger partial charge in [0.15, 0.2) is 0 Å². The van der Waals surface area contributed by atoms with Crippen molar-refractivity contribution in [1.29, 1.82) is 0 Å². The molecule has 22 heavy (non-hydrogen) atoms. The van der Waals surface area contributed by atoms with Crippen molar-refractivity contribution in [3.05, 3.63) is 65.8 Å². The van der Waals surface area contributed by atoms with Gasteiger partial charge in [0.2, 0.25) is 0 Å². The fraction of sp³-hybridized carbons (Fsp3) is 0.125. The van der Waals surface area contributed by atoms with Crippen LogP contribution in [-0.4, -0.2) is 26.2 Å². The lowest BCUT2D eigenvalue weighted by molar-refractivity contribution is -0.139. The van der Waals surface area contributed by atoms with Gasteiger partial charge in [0.1, 0.15) is 11.5 Å². The van der Waals surface area contributed by atoms with E-state index in [4.69, 9.17) is 4.74 Å². The third kappa shape index (κ3) is 2.90. The fourth-order valence-corrected chi connectivity index (χ4v) is 2.00. The van der Waals surface area contributed by atoms with E-state index in [0.29, 0.717) is 0 Å². The zero-order valence-corrected chi connectivity index (χ0v) is 12.1. The Hall–Kier alpha value is -2.89. The van der Waals surface area contributed by atoms with Gasteiger partial charge < -0.3 is 14.4 Å². The van der Waals surface area contributed by atoms with Crippen LogP contribution in [0, 0.1) is 5.82 Å². The van der Waals surface area contributed by atoms with Gasteiger partial charge >= 0.3 is 11.9 Å². The number of methoxy groups -OCH3 is 2. The average Bonchev–Trinajstić information content (AvgIpc) is 2.76. The van der Waals surface area contributed by atoms with Gasteiger partial charge in [-0.3, -0.25) is 0 Å². The minimum atomic E-state index is -0.778. The number of esters is 2. The molecule has 1 aliphatic heterocycles. The van der Waals surface area contributed by atoms with E-state index in [-0.39, 0.29) is 17.0 Å². The maximum absolute atomic E-state index is 14.1. The minimum absolute atomic E-state index is 0.0254. The van der Waals surface area contributed by atoms with Gasteiger partial charge in [0.25, 0.3) is 0 Å². The van der Waals surface area contributed by atoms with Crippen LogP contribution < -0.4 is 4.90 Å². The number of nitrogens with zero attached hydrogens (tertiary/aromatic N) is 1. The Bertz CT molecular complexity index is 691. The second-order valence-corrected chi connectivity index (χ2v) is 4.27. The third-order valence-electron chi connectivity index (χ3n) is 3.00. The first-order chi connectivity index (χ1) is 10.6. The lowest BCUT2D eigenvalue weighted by Gasteiger charge is -2.23.